The molecule has 2 unspecified atom stereocenters. The van der Waals surface area contributed by atoms with Gasteiger partial charge >= 0.3 is 0 Å². The Morgan fingerprint density at radius 1 is 1.32 bits per heavy atom. The van der Waals surface area contributed by atoms with Crippen LogP contribution in [0, 0.1) is 19.8 Å². The Labute approximate surface area is 133 Å². The average Bonchev–Trinajstić information content (AvgIpc) is 2.66. The smallest absolute Gasteiger partial charge is 0.255 e. The number of nitrogens with one attached hydrogen (secondary N) is 1. The van der Waals surface area contributed by atoms with Gasteiger partial charge in [0.05, 0.1) is 11.3 Å². The van der Waals surface area contributed by atoms with Crippen LogP contribution in [0.15, 0.2) is 0 Å². The van der Waals surface area contributed by atoms with E-state index in [1.165, 1.54) is 6.42 Å². The molecule has 0 bridgehead atoms. The molecule has 22 heavy (non-hydrogen) atoms. The highest BCUT2D eigenvalue weighted by molar-refractivity contribution is 5.96. The van der Waals surface area contributed by atoms with Crippen molar-refractivity contribution in [2.45, 2.75) is 71.9 Å². The summed E-state index contributed by atoms with van der Waals surface area (Å²) in [4.78, 5) is 12.7. The van der Waals surface area contributed by atoms with Crippen molar-refractivity contribution >= 4 is 5.91 Å². The molecule has 2 N–H and O–H groups in total. The lowest BCUT2D eigenvalue weighted by Crippen LogP contribution is -2.41. The summed E-state index contributed by atoms with van der Waals surface area (Å²) in [6.45, 7) is 6.94. The average molecular weight is 307 g/mol. The molecule has 1 amide bonds. The van der Waals surface area contributed by atoms with E-state index in [2.05, 4.69) is 17.3 Å². The summed E-state index contributed by atoms with van der Waals surface area (Å²) in [7, 11) is 0. The van der Waals surface area contributed by atoms with Crippen molar-refractivity contribution in [3.8, 4) is 0 Å². The standard InChI is InChI=1S/C17H29N3O2/c1-4-10-20-13(3)16(12(2)19-20)17(22)18-15-9-7-5-6-8-14(15)11-21/h14-15,21H,4-11H2,1-3H3,(H,18,22). The number of rotatable bonds is 5. The molecule has 0 spiro atoms. The van der Waals surface area contributed by atoms with Crippen molar-refractivity contribution in [2.75, 3.05) is 6.61 Å². The van der Waals surface area contributed by atoms with Crippen LogP contribution in [0.5, 0.6) is 0 Å². The lowest BCUT2D eigenvalue weighted by atomic mass is 9.95. The Morgan fingerprint density at radius 3 is 2.73 bits per heavy atom. The van der Waals surface area contributed by atoms with Crippen molar-refractivity contribution in [3.63, 3.8) is 0 Å². The Morgan fingerprint density at radius 2 is 2.05 bits per heavy atom. The third kappa shape index (κ3) is 3.69. The summed E-state index contributed by atoms with van der Waals surface area (Å²) < 4.78 is 1.92. The molecule has 1 aromatic heterocycles. The fourth-order valence-electron chi connectivity index (χ4n) is 3.49. The number of carbonyl (C=O) groups excluding carboxylic acids is 1. The lowest BCUT2D eigenvalue weighted by Gasteiger charge is -2.24. The summed E-state index contributed by atoms with van der Waals surface area (Å²) in [6, 6.07) is 0.0772. The zero-order chi connectivity index (χ0) is 16.1. The zero-order valence-electron chi connectivity index (χ0n) is 14.1. The van der Waals surface area contributed by atoms with Crippen LogP contribution in [-0.2, 0) is 6.54 Å². The second kappa shape index (κ2) is 7.77. The van der Waals surface area contributed by atoms with Gasteiger partial charge in [0, 0.05) is 30.8 Å². The van der Waals surface area contributed by atoms with E-state index in [1.54, 1.807) is 0 Å². The van der Waals surface area contributed by atoms with Crippen LogP contribution in [-0.4, -0.2) is 33.4 Å². The molecule has 1 fully saturated rings. The van der Waals surface area contributed by atoms with E-state index in [0.717, 1.165) is 50.0 Å². The third-order valence-electron chi connectivity index (χ3n) is 4.75. The van der Waals surface area contributed by atoms with Crippen molar-refractivity contribution in [2.24, 2.45) is 5.92 Å². The second-order valence-corrected chi connectivity index (χ2v) is 6.43. The predicted molar refractivity (Wildman–Crippen MR) is 86.9 cm³/mol. The van der Waals surface area contributed by atoms with Crippen LogP contribution in [0.3, 0.4) is 0 Å². The predicted octanol–water partition coefficient (Wildman–Crippen LogP) is 2.58. The number of aromatic nitrogens is 2. The number of aryl methyl sites for hydroxylation is 2. The summed E-state index contributed by atoms with van der Waals surface area (Å²) >= 11 is 0. The first-order valence-electron chi connectivity index (χ1n) is 8.54. The van der Waals surface area contributed by atoms with Crippen molar-refractivity contribution in [1.29, 1.82) is 0 Å². The van der Waals surface area contributed by atoms with E-state index < -0.39 is 0 Å². The molecular formula is C17H29N3O2. The Hall–Kier alpha value is -1.36. The Bertz CT molecular complexity index is 510. The minimum absolute atomic E-state index is 0.0392. The zero-order valence-corrected chi connectivity index (χ0v) is 14.1. The first-order valence-corrected chi connectivity index (χ1v) is 8.54. The van der Waals surface area contributed by atoms with E-state index in [-0.39, 0.29) is 24.5 Å². The van der Waals surface area contributed by atoms with Gasteiger partial charge in [-0.25, -0.2) is 0 Å². The monoisotopic (exact) mass is 307 g/mol. The molecule has 1 saturated carbocycles. The molecule has 0 aliphatic heterocycles. The molecule has 2 atom stereocenters. The molecule has 1 heterocycles. The molecule has 1 aromatic rings. The van der Waals surface area contributed by atoms with Gasteiger partial charge in [-0.15, -0.1) is 0 Å². The number of nitrogens with zero attached hydrogens (tertiary/aromatic N) is 2. The number of hydrogen-bond acceptors (Lipinski definition) is 3. The number of carbonyl (C=O) groups is 1. The summed E-state index contributed by atoms with van der Waals surface area (Å²) in [6.07, 6.45) is 6.40. The van der Waals surface area contributed by atoms with Crippen molar-refractivity contribution in [3.05, 3.63) is 17.0 Å². The molecule has 1 aliphatic carbocycles. The van der Waals surface area contributed by atoms with Gasteiger partial charge in [0.2, 0.25) is 0 Å². The van der Waals surface area contributed by atoms with Crippen LogP contribution in [0.2, 0.25) is 0 Å². The molecule has 0 aromatic carbocycles. The summed E-state index contributed by atoms with van der Waals surface area (Å²) in [5.74, 6) is 0.139. The van der Waals surface area contributed by atoms with Crippen LogP contribution in [0.25, 0.3) is 0 Å². The first-order chi connectivity index (χ1) is 10.6. The maximum atomic E-state index is 12.7. The highest BCUT2D eigenvalue weighted by atomic mass is 16.3. The Kier molecular flexibility index (Phi) is 6.00. The van der Waals surface area contributed by atoms with Gasteiger partial charge in [-0.05, 0) is 33.1 Å². The molecular weight excluding hydrogens is 278 g/mol. The van der Waals surface area contributed by atoms with Crippen molar-refractivity contribution in [1.82, 2.24) is 15.1 Å². The molecule has 2 rings (SSSR count). The van der Waals surface area contributed by atoms with Crippen LogP contribution >= 0.6 is 0 Å². The lowest BCUT2D eigenvalue weighted by molar-refractivity contribution is 0.0898. The summed E-state index contributed by atoms with van der Waals surface area (Å²) in [5.41, 5.74) is 2.43. The van der Waals surface area contributed by atoms with Crippen LogP contribution in [0.1, 0.15) is 67.2 Å². The van der Waals surface area contributed by atoms with Gasteiger partial charge in [0.15, 0.2) is 0 Å². The first kappa shape index (κ1) is 17.0. The summed E-state index contributed by atoms with van der Waals surface area (Å²) in [5, 5.41) is 17.2. The van der Waals surface area contributed by atoms with E-state index >= 15 is 0 Å². The molecule has 1 aliphatic rings. The van der Waals surface area contributed by atoms with E-state index in [9.17, 15) is 9.90 Å². The molecule has 5 nitrogen and oxygen atoms in total. The Balaban J connectivity index is 2.14. The minimum atomic E-state index is -0.0392. The SMILES string of the molecule is CCCn1nc(C)c(C(=O)NC2CCCCCC2CO)c1C. The van der Waals surface area contributed by atoms with Crippen molar-refractivity contribution < 1.29 is 9.90 Å². The quantitative estimate of drug-likeness (QED) is 0.822. The number of hydrogen-bond donors (Lipinski definition) is 2. The maximum absolute atomic E-state index is 12.7. The van der Waals surface area contributed by atoms with Gasteiger partial charge in [-0.3, -0.25) is 9.48 Å². The molecule has 0 radical (unpaired) electrons. The van der Waals surface area contributed by atoms with Gasteiger partial charge in [-0.1, -0.05) is 26.2 Å². The number of aliphatic hydroxyl groups is 1. The normalized spacial score (nSPS) is 22.4. The van der Waals surface area contributed by atoms with E-state index in [1.807, 2.05) is 18.5 Å². The van der Waals surface area contributed by atoms with E-state index in [4.69, 9.17) is 0 Å². The van der Waals surface area contributed by atoms with E-state index in [0.29, 0.717) is 5.56 Å². The maximum Gasteiger partial charge on any atom is 0.255 e. The minimum Gasteiger partial charge on any atom is -0.396 e. The molecule has 124 valence electrons. The number of aliphatic hydroxyl groups excluding tert-OH is 1. The number of amides is 1. The highest BCUT2D eigenvalue weighted by Gasteiger charge is 2.27. The van der Waals surface area contributed by atoms with Crippen LogP contribution in [0.4, 0.5) is 0 Å². The second-order valence-electron chi connectivity index (χ2n) is 6.43. The van der Waals surface area contributed by atoms with Gasteiger partial charge in [-0.2, -0.15) is 5.10 Å². The van der Waals surface area contributed by atoms with Gasteiger partial charge in [0.1, 0.15) is 0 Å². The molecule has 0 saturated heterocycles. The van der Waals surface area contributed by atoms with Gasteiger partial charge < -0.3 is 10.4 Å². The molecule has 5 heteroatoms. The fourth-order valence-corrected chi connectivity index (χ4v) is 3.49. The van der Waals surface area contributed by atoms with Gasteiger partial charge in [0.25, 0.3) is 5.91 Å². The highest BCUT2D eigenvalue weighted by Crippen LogP contribution is 2.24. The topological polar surface area (TPSA) is 67.2 Å². The third-order valence-corrected chi connectivity index (χ3v) is 4.75. The van der Waals surface area contributed by atoms with Crippen LogP contribution < -0.4 is 5.32 Å². The largest absolute Gasteiger partial charge is 0.396 e. The fraction of sp³-hybridized carbons (Fsp3) is 0.765.